The molecule has 1 aromatic carbocycles. The second-order valence-corrected chi connectivity index (χ2v) is 9.17. The second-order valence-electron chi connectivity index (χ2n) is 4.70. The Labute approximate surface area is 139 Å². The van der Waals surface area contributed by atoms with Crippen molar-refractivity contribution in [2.24, 2.45) is 5.73 Å². The summed E-state index contributed by atoms with van der Waals surface area (Å²) in [6.07, 6.45) is 0. The van der Waals surface area contributed by atoms with Crippen LogP contribution in [0.2, 0.25) is 5.02 Å². The topological polar surface area (TPSA) is 63.4 Å². The fourth-order valence-corrected chi connectivity index (χ4v) is 5.62. The molecule has 21 heavy (non-hydrogen) atoms. The monoisotopic (exact) mass is 364 g/mol. The molecule has 0 bridgehead atoms. The van der Waals surface area contributed by atoms with Gasteiger partial charge in [0.05, 0.1) is 0 Å². The third kappa shape index (κ3) is 3.64. The number of hydrogen-bond acceptors (Lipinski definition) is 5. The zero-order valence-corrected chi connectivity index (χ0v) is 14.8. The van der Waals surface area contributed by atoms with E-state index >= 15 is 0 Å². The maximum atomic E-state index is 12.4. The van der Waals surface area contributed by atoms with Crippen molar-refractivity contribution in [3.8, 4) is 0 Å². The van der Waals surface area contributed by atoms with Gasteiger partial charge in [0.25, 0.3) is 0 Å². The number of thioether (sulfide) groups is 1. The number of sulfone groups is 1. The van der Waals surface area contributed by atoms with Gasteiger partial charge in [-0.2, -0.15) is 11.8 Å². The number of anilines is 1. The molecular formula is C13H17ClN2O2S3. The van der Waals surface area contributed by atoms with Gasteiger partial charge in [0, 0.05) is 40.1 Å². The molecule has 0 aliphatic carbocycles. The summed E-state index contributed by atoms with van der Waals surface area (Å²) < 4.78 is 24.7. The van der Waals surface area contributed by atoms with Crippen LogP contribution >= 0.6 is 35.6 Å². The summed E-state index contributed by atoms with van der Waals surface area (Å²) in [5.74, 6) is 1.51. The molecule has 1 heterocycles. The molecule has 1 aliphatic heterocycles. The van der Waals surface area contributed by atoms with Crippen molar-refractivity contribution in [2.75, 3.05) is 28.7 Å². The van der Waals surface area contributed by atoms with Crippen molar-refractivity contribution in [3.63, 3.8) is 0 Å². The highest BCUT2D eigenvalue weighted by molar-refractivity contribution is 8.01. The van der Waals surface area contributed by atoms with Crippen molar-refractivity contribution in [2.45, 2.75) is 12.3 Å². The van der Waals surface area contributed by atoms with Crippen LogP contribution in [-0.2, 0) is 9.84 Å². The third-order valence-electron chi connectivity index (χ3n) is 3.44. The van der Waals surface area contributed by atoms with E-state index in [0.29, 0.717) is 28.6 Å². The van der Waals surface area contributed by atoms with Crippen LogP contribution in [0.4, 0.5) is 5.69 Å². The minimum Gasteiger partial charge on any atom is -0.389 e. The maximum absolute atomic E-state index is 12.4. The first-order valence-corrected chi connectivity index (χ1v) is 10.2. The van der Waals surface area contributed by atoms with E-state index in [4.69, 9.17) is 29.6 Å². The van der Waals surface area contributed by atoms with E-state index in [-0.39, 0.29) is 10.7 Å². The second kappa shape index (κ2) is 6.73. The molecule has 0 saturated carbocycles. The van der Waals surface area contributed by atoms with Crippen LogP contribution in [0.25, 0.3) is 0 Å². The fraction of sp³-hybridized carbons (Fsp3) is 0.462. The molecule has 0 aromatic heterocycles. The molecular weight excluding hydrogens is 348 g/mol. The first kappa shape index (κ1) is 16.9. The zero-order chi connectivity index (χ0) is 15.6. The van der Waals surface area contributed by atoms with Crippen LogP contribution < -0.4 is 10.6 Å². The van der Waals surface area contributed by atoms with E-state index < -0.39 is 15.2 Å². The Hall–Kier alpha value is -0.500. The minimum absolute atomic E-state index is 0.109. The van der Waals surface area contributed by atoms with Gasteiger partial charge < -0.3 is 10.6 Å². The lowest BCUT2D eigenvalue weighted by atomic mass is 10.1. The molecule has 0 radical (unpaired) electrons. The number of rotatable bonds is 4. The van der Waals surface area contributed by atoms with Gasteiger partial charge in [-0.3, -0.25) is 0 Å². The summed E-state index contributed by atoms with van der Waals surface area (Å²) in [5.41, 5.74) is 7.14. The number of benzene rings is 1. The van der Waals surface area contributed by atoms with Gasteiger partial charge in [0.1, 0.15) is 10.4 Å². The van der Waals surface area contributed by atoms with Gasteiger partial charge in [-0.25, -0.2) is 8.42 Å². The van der Waals surface area contributed by atoms with Gasteiger partial charge in [0.15, 0.2) is 9.84 Å². The Balaban J connectivity index is 2.52. The minimum atomic E-state index is -3.20. The number of thiocarbonyl (C=S) groups is 1. The summed E-state index contributed by atoms with van der Waals surface area (Å²) in [6.45, 7) is 2.30. The van der Waals surface area contributed by atoms with Crippen molar-refractivity contribution in [3.05, 3.63) is 28.8 Å². The average Bonchev–Trinajstić information content (AvgIpc) is 2.46. The van der Waals surface area contributed by atoms with E-state index in [1.165, 1.54) is 0 Å². The van der Waals surface area contributed by atoms with Gasteiger partial charge >= 0.3 is 0 Å². The van der Waals surface area contributed by atoms with E-state index in [1.54, 1.807) is 36.9 Å². The number of halogens is 1. The van der Waals surface area contributed by atoms with Crippen LogP contribution in [0.15, 0.2) is 18.2 Å². The van der Waals surface area contributed by atoms with E-state index in [9.17, 15) is 8.42 Å². The standard InChI is InChI=1S/C13H17ClN2O2S3/c1-2-21(17,18)12-8-20-6-5-16(12)11-7-9(14)3-4-10(11)13(15)19/h3-4,7,12H,2,5-6,8H2,1H3,(H2,15,19). The molecule has 1 aromatic rings. The van der Waals surface area contributed by atoms with E-state index in [1.807, 2.05) is 4.90 Å². The first-order chi connectivity index (χ1) is 9.86. The molecule has 1 aliphatic rings. The lowest BCUT2D eigenvalue weighted by molar-refractivity contribution is 0.579. The van der Waals surface area contributed by atoms with Gasteiger partial charge in [-0.15, -0.1) is 0 Å². The Morgan fingerprint density at radius 2 is 2.29 bits per heavy atom. The summed E-state index contributed by atoms with van der Waals surface area (Å²) >= 11 is 12.8. The highest BCUT2D eigenvalue weighted by Crippen LogP contribution is 2.32. The summed E-state index contributed by atoms with van der Waals surface area (Å²) in [7, 11) is -3.20. The van der Waals surface area contributed by atoms with Crippen molar-refractivity contribution in [1.29, 1.82) is 0 Å². The van der Waals surface area contributed by atoms with Crippen LogP contribution in [0.1, 0.15) is 12.5 Å². The maximum Gasteiger partial charge on any atom is 0.171 e. The van der Waals surface area contributed by atoms with Crippen molar-refractivity contribution < 1.29 is 8.42 Å². The molecule has 1 fully saturated rings. The number of nitrogens with two attached hydrogens (primary N) is 1. The molecule has 8 heteroatoms. The van der Waals surface area contributed by atoms with Crippen LogP contribution in [-0.4, -0.2) is 42.6 Å². The third-order valence-corrected chi connectivity index (χ3v) is 7.18. The fourth-order valence-electron chi connectivity index (χ4n) is 2.30. The molecule has 0 spiro atoms. The largest absolute Gasteiger partial charge is 0.389 e. The SMILES string of the molecule is CCS(=O)(=O)C1CSCCN1c1cc(Cl)ccc1C(N)=S. The molecule has 1 atom stereocenters. The summed E-state index contributed by atoms with van der Waals surface area (Å²) in [6, 6.07) is 5.20. The zero-order valence-electron chi connectivity index (χ0n) is 11.6. The molecule has 1 unspecified atom stereocenters. The van der Waals surface area contributed by atoms with Gasteiger partial charge in [0.2, 0.25) is 0 Å². The van der Waals surface area contributed by atoms with Crippen LogP contribution in [0.3, 0.4) is 0 Å². The molecule has 2 N–H and O–H groups in total. The quantitative estimate of drug-likeness (QED) is 0.827. The molecule has 1 saturated heterocycles. The Morgan fingerprint density at radius 3 is 2.90 bits per heavy atom. The summed E-state index contributed by atoms with van der Waals surface area (Å²) in [4.78, 5) is 2.11. The van der Waals surface area contributed by atoms with E-state index in [0.717, 1.165) is 5.75 Å². The highest BCUT2D eigenvalue weighted by Gasteiger charge is 2.34. The Bertz CT molecular complexity index is 649. The predicted molar refractivity (Wildman–Crippen MR) is 95.3 cm³/mol. The lowest BCUT2D eigenvalue weighted by Gasteiger charge is -2.37. The Morgan fingerprint density at radius 1 is 1.57 bits per heavy atom. The number of hydrogen-bond donors (Lipinski definition) is 1. The van der Waals surface area contributed by atoms with Gasteiger partial charge in [-0.1, -0.05) is 30.7 Å². The van der Waals surface area contributed by atoms with Crippen molar-refractivity contribution in [1.82, 2.24) is 0 Å². The summed E-state index contributed by atoms with van der Waals surface area (Å²) in [5, 5.41) is -0.0244. The lowest BCUT2D eigenvalue weighted by Crippen LogP contribution is -2.48. The molecule has 4 nitrogen and oxygen atoms in total. The van der Waals surface area contributed by atoms with Crippen LogP contribution in [0.5, 0.6) is 0 Å². The highest BCUT2D eigenvalue weighted by atomic mass is 35.5. The average molecular weight is 365 g/mol. The molecule has 2 rings (SSSR count). The predicted octanol–water partition coefficient (Wildman–Crippen LogP) is 2.29. The smallest absolute Gasteiger partial charge is 0.171 e. The van der Waals surface area contributed by atoms with E-state index in [2.05, 4.69) is 0 Å². The first-order valence-electron chi connectivity index (χ1n) is 6.52. The number of nitrogens with zero attached hydrogens (tertiary/aromatic N) is 1. The van der Waals surface area contributed by atoms with Crippen molar-refractivity contribution >= 4 is 56.1 Å². The normalized spacial score (nSPS) is 19.5. The molecule has 0 amide bonds. The van der Waals surface area contributed by atoms with Crippen LogP contribution in [0, 0.1) is 0 Å². The Kier molecular flexibility index (Phi) is 5.40. The van der Waals surface area contributed by atoms with Gasteiger partial charge in [-0.05, 0) is 18.2 Å². The molecule has 116 valence electrons.